The van der Waals surface area contributed by atoms with Crippen LogP contribution < -0.4 is 5.32 Å². The number of nitrogens with zero attached hydrogens (tertiary/aromatic N) is 6. The van der Waals surface area contributed by atoms with Crippen molar-refractivity contribution in [2.45, 2.75) is 6.54 Å². The van der Waals surface area contributed by atoms with Crippen molar-refractivity contribution in [3.05, 3.63) is 69.8 Å². The van der Waals surface area contributed by atoms with E-state index in [1.54, 1.807) is 29.2 Å². The van der Waals surface area contributed by atoms with Crippen molar-refractivity contribution in [1.29, 1.82) is 0 Å². The highest BCUT2D eigenvalue weighted by Crippen LogP contribution is 2.21. The number of rotatable bonds is 4. The van der Waals surface area contributed by atoms with Crippen molar-refractivity contribution in [2.24, 2.45) is 0 Å². The van der Waals surface area contributed by atoms with Crippen molar-refractivity contribution in [2.75, 3.05) is 5.32 Å². The molecule has 0 fully saturated rings. The summed E-state index contributed by atoms with van der Waals surface area (Å²) in [6.07, 6.45) is 4.88. The van der Waals surface area contributed by atoms with Crippen molar-refractivity contribution < 1.29 is 4.79 Å². The quantitative estimate of drug-likeness (QED) is 0.535. The number of aromatic nitrogens is 6. The standard InChI is InChI=1S/C16H11BrClN7O/c17-12-13(22-25-6-2-5-19-14(12)25)15(26)21-16-20-9-24(23-16)8-10-3-1-4-11(18)7-10/h1-7,9H,8H2,(H,21,23,26). The topological polar surface area (TPSA) is 90.0 Å². The summed E-state index contributed by atoms with van der Waals surface area (Å²) >= 11 is 9.34. The van der Waals surface area contributed by atoms with Gasteiger partial charge in [-0.1, -0.05) is 23.7 Å². The molecule has 0 aliphatic carbocycles. The molecule has 1 aromatic carbocycles. The summed E-state index contributed by atoms with van der Waals surface area (Å²) in [6, 6.07) is 9.19. The first-order valence-electron chi connectivity index (χ1n) is 7.54. The Morgan fingerprint density at radius 2 is 2.12 bits per heavy atom. The number of benzene rings is 1. The summed E-state index contributed by atoms with van der Waals surface area (Å²) in [5, 5.41) is 11.8. The average Bonchev–Trinajstić information content (AvgIpc) is 3.20. The summed E-state index contributed by atoms with van der Waals surface area (Å²) in [7, 11) is 0. The Morgan fingerprint density at radius 3 is 2.92 bits per heavy atom. The lowest BCUT2D eigenvalue weighted by Gasteiger charge is -2.01. The predicted molar refractivity (Wildman–Crippen MR) is 99.2 cm³/mol. The van der Waals surface area contributed by atoms with Crippen LogP contribution in [-0.4, -0.2) is 35.3 Å². The minimum atomic E-state index is -0.428. The van der Waals surface area contributed by atoms with E-state index in [4.69, 9.17) is 11.6 Å². The lowest BCUT2D eigenvalue weighted by molar-refractivity contribution is 0.102. The van der Waals surface area contributed by atoms with Gasteiger partial charge < -0.3 is 0 Å². The van der Waals surface area contributed by atoms with Crippen LogP contribution in [0.5, 0.6) is 0 Å². The number of carbonyl (C=O) groups is 1. The Labute approximate surface area is 161 Å². The fourth-order valence-corrected chi connectivity index (χ4v) is 3.17. The molecule has 1 amide bonds. The van der Waals surface area contributed by atoms with E-state index in [0.29, 0.717) is 21.7 Å². The van der Waals surface area contributed by atoms with E-state index < -0.39 is 5.91 Å². The minimum Gasteiger partial charge on any atom is -0.288 e. The molecule has 4 aromatic rings. The summed E-state index contributed by atoms with van der Waals surface area (Å²) in [5.41, 5.74) is 1.74. The first-order valence-corrected chi connectivity index (χ1v) is 8.71. The van der Waals surface area contributed by atoms with Crippen molar-refractivity contribution >= 4 is 45.0 Å². The number of halogens is 2. The van der Waals surface area contributed by atoms with E-state index in [-0.39, 0.29) is 11.6 Å². The average molecular weight is 433 g/mol. The van der Waals surface area contributed by atoms with E-state index in [1.165, 1.54) is 10.8 Å². The van der Waals surface area contributed by atoms with E-state index in [0.717, 1.165) is 5.56 Å². The highest BCUT2D eigenvalue weighted by molar-refractivity contribution is 9.10. The third-order valence-electron chi connectivity index (χ3n) is 3.55. The fourth-order valence-electron chi connectivity index (χ4n) is 2.42. The molecule has 3 aromatic heterocycles. The molecule has 0 bridgehead atoms. The smallest absolute Gasteiger partial charge is 0.279 e. The minimum absolute atomic E-state index is 0.189. The van der Waals surface area contributed by atoms with Gasteiger partial charge in [0.2, 0.25) is 5.95 Å². The number of hydrogen-bond acceptors (Lipinski definition) is 5. The molecule has 4 rings (SSSR count). The third kappa shape index (κ3) is 3.31. The molecule has 0 saturated carbocycles. The van der Waals surface area contributed by atoms with Gasteiger partial charge in [-0.05, 0) is 39.7 Å². The number of nitrogens with one attached hydrogen (secondary N) is 1. The SMILES string of the molecule is O=C(Nc1ncn(Cc2cccc(Cl)c2)n1)c1nn2cccnc2c1Br. The van der Waals surface area contributed by atoms with Crippen molar-refractivity contribution in [3.8, 4) is 0 Å². The van der Waals surface area contributed by atoms with E-state index >= 15 is 0 Å². The first-order chi connectivity index (χ1) is 12.6. The molecule has 26 heavy (non-hydrogen) atoms. The largest absolute Gasteiger partial charge is 0.288 e. The van der Waals surface area contributed by atoms with Gasteiger partial charge in [-0.25, -0.2) is 19.2 Å². The van der Waals surface area contributed by atoms with Crippen LogP contribution in [0.2, 0.25) is 5.02 Å². The number of fused-ring (bicyclic) bond motifs is 1. The number of amides is 1. The van der Waals surface area contributed by atoms with Crippen LogP contribution in [0.4, 0.5) is 5.95 Å². The highest BCUT2D eigenvalue weighted by Gasteiger charge is 2.19. The van der Waals surface area contributed by atoms with Crippen LogP contribution in [0.25, 0.3) is 5.65 Å². The molecule has 0 unspecified atom stereocenters. The van der Waals surface area contributed by atoms with Gasteiger partial charge in [0.05, 0.1) is 11.0 Å². The van der Waals surface area contributed by atoms with Crippen LogP contribution >= 0.6 is 27.5 Å². The van der Waals surface area contributed by atoms with Gasteiger partial charge in [0, 0.05) is 17.4 Å². The summed E-state index contributed by atoms with van der Waals surface area (Å²) in [6.45, 7) is 0.491. The van der Waals surface area contributed by atoms with Crippen LogP contribution in [0, 0.1) is 0 Å². The van der Waals surface area contributed by atoms with Crippen molar-refractivity contribution in [1.82, 2.24) is 29.4 Å². The monoisotopic (exact) mass is 431 g/mol. The molecule has 0 saturated heterocycles. The molecular formula is C16H11BrClN7O. The first kappa shape index (κ1) is 16.7. The second-order valence-corrected chi connectivity index (χ2v) is 6.63. The van der Waals surface area contributed by atoms with Gasteiger partial charge in [0.25, 0.3) is 5.91 Å². The fraction of sp³-hybridized carbons (Fsp3) is 0.0625. The lowest BCUT2D eigenvalue weighted by atomic mass is 10.2. The molecule has 8 nitrogen and oxygen atoms in total. The van der Waals surface area contributed by atoms with Crippen LogP contribution in [-0.2, 0) is 6.54 Å². The Bertz CT molecular complexity index is 1110. The van der Waals surface area contributed by atoms with E-state index in [2.05, 4.69) is 41.4 Å². The third-order valence-corrected chi connectivity index (χ3v) is 4.51. The summed E-state index contributed by atoms with van der Waals surface area (Å²) in [5.74, 6) is -0.239. The summed E-state index contributed by atoms with van der Waals surface area (Å²) < 4.78 is 3.64. The molecule has 3 heterocycles. The molecule has 0 aliphatic heterocycles. The van der Waals surface area contributed by atoms with Gasteiger partial charge in [-0.15, -0.1) is 5.10 Å². The van der Waals surface area contributed by atoms with Gasteiger partial charge in [0.15, 0.2) is 11.3 Å². The molecule has 130 valence electrons. The van der Waals surface area contributed by atoms with Crippen LogP contribution in [0.1, 0.15) is 16.1 Å². The normalized spacial score (nSPS) is 11.0. The zero-order valence-electron chi connectivity index (χ0n) is 13.2. The second-order valence-electron chi connectivity index (χ2n) is 5.40. The maximum atomic E-state index is 12.5. The maximum absolute atomic E-state index is 12.5. The Hall–Kier alpha value is -2.78. The van der Waals surface area contributed by atoms with Gasteiger partial charge >= 0.3 is 0 Å². The van der Waals surface area contributed by atoms with Crippen LogP contribution in [0.3, 0.4) is 0 Å². The second kappa shape index (κ2) is 6.85. The zero-order valence-corrected chi connectivity index (χ0v) is 15.5. The molecule has 0 aliphatic rings. The molecule has 10 heteroatoms. The Balaban J connectivity index is 1.51. The number of carbonyl (C=O) groups excluding carboxylic acids is 1. The number of hydrogen-bond donors (Lipinski definition) is 1. The predicted octanol–water partition coefficient (Wildman–Crippen LogP) is 3.04. The van der Waals surface area contributed by atoms with Gasteiger partial charge in [-0.3, -0.25) is 10.1 Å². The lowest BCUT2D eigenvalue weighted by Crippen LogP contribution is -2.14. The van der Waals surface area contributed by atoms with Crippen molar-refractivity contribution in [3.63, 3.8) is 0 Å². The molecular weight excluding hydrogens is 422 g/mol. The Morgan fingerprint density at radius 1 is 1.23 bits per heavy atom. The summed E-state index contributed by atoms with van der Waals surface area (Å²) in [4.78, 5) is 20.7. The zero-order chi connectivity index (χ0) is 18.1. The van der Waals surface area contributed by atoms with E-state index in [1.807, 2.05) is 18.2 Å². The van der Waals surface area contributed by atoms with Gasteiger partial charge in [-0.2, -0.15) is 5.10 Å². The number of anilines is 1. The van der Waals surface area contributed by atoms with E-state index in [9.17, 15) is 4.79 Å². The molecule has 0 spiro atoms. The highest BCUT2D eigenvalue weighted by atomic mass is 79.9. The Kier molecular flexibility index (Phi) is 4.39. The molecule has 0 atom stereocenters. The van der Waals surface area contributed by atoms with Crippen LogP contribution in [0.15, 0.2) is 53.5 Å². The molecule has 0 radical (unpaired) electrons. The maximum Gasteiger partial charge on any atom is 0.279 e. The van der Waals surface area contributed by atoms with Gasteiger partial charge in [0.1, 0.15) is 6.33 Å². The molecule has 1 N–H and O–H groups in total.